The summed E-state index contributed by atoms with van der Waals surface area (Å²) in [5.74, 6) is 0. The Labute approximate surface area is 171 Å². The van der Waals surface area contributed by atoms with Crippen molar-refractivity contribution >= 4 is 9.69 Å². The van der Waals surface area contributed by atoms with Crippen molar-refractivity contribution < 1.29 is 17.3 Å². The summed E-state index contributed by atoms with van der Waals surface area (Å²) < 4.78 is 0. The molecular weight excluding hydrogens is 429 g/mol. The summed E-state index contributed by atoms with van der Waals surface area (Å²) in [5.41, 5.74) is 10.6. The van der Waals surface area contributed by atoms with E-state index in [0.717, 1.165) is 11.4 Å². The first-order valence-corrected chi connectivity index (χ1v) is 10.7. The second-order valence-corrected chi connectivity index (χ2v) is 6.18. The van der Waals surface area contributed by atoms with E-state index in [0.29, 0.717) is 0 Å². The number of halogens is 1. The first kappa shape index (κ1) is 22.5. The molecule has 3 aromatic rings. The fourth-order valence-electron chi connectivity index (χ4n) is 2.72. The van der Waals surface area contributed by atoms with Gasteiger partial charge in [0, 0.05) is 12.4 Å². The van der Waals surface area contributed by atoms with Crippen LogP contribution in [0.2, 0.25) is 0 Å². The zero-order valence-corrected chi connectivity index (χ0v) is 18.7. The van der Waals surface area contributed by atoms with Crippen LogP contribution in [0.4, 0.5) is 0 Å². The average Bonchev–Trinajstić information content (AvgIpc) is 2.72. The number of pyridine rings is 2. The number of benzene rings is 1. The Morgan fingerprint density at radius 2 is 0.808 bits per heavy atom. The van der Waals surface area contributed by atoms with Crippen molar-refractivity contribution in [3.8, 4) is 11.4 Å². The van der Waals surface area contributed by atoms with Crippen LogP contribution in [-0.2, 0) is 17.3 Å². The molecule has 1 aromatic carbocycles. The molecule has 3 rings (SSSR count). The van der Waals surface area contributed by atoms with E-state index in [1.54, 1.807) is 12.4 Å². The van der Waals surface area contributed by atoms with Crippen molar-refractivity contribution in [1.82, 2.24) is 9.97 Å². The van der Waals surface area contributed by atoms with Crippen LogP contribution in [0.15, 0.2) is 48.8 Å². The van der Waals surface area contributed by atoms with Gasteiger partial charge in [0.25, 0.3) is 0 Å². The Morgan fingerprint density at radius 1 is 0.538 bits per heavy atom. The first-order valence-electron chi connectivity index (χ1n) is 8.42. The van der Waals surface area contributed by atoms with Gasteiger partial charge < -0.3 is 0 Å². The fourth-order valence-corrected chi connectivity index (χ4v) is 2.72. The van der Waals surface area contributed by atoms with Crippen LogP contribution in [0.25, 0.3) is 11.4 Å². The molecule has 0 fully saturated rings. The van der Waals surface area contributed by atoms with Gasteiger partial charge in [-0.15, -0.1) is 0 Å². The molecule has 0 aliphatic heterocycles. The van der Waals surface area contributed by atoms with E-state index in [4.69, 9.17) is 0 Å². The van der Waals surface area contributed by atoms with Gasteiger partial charge in [-0.05, 0) is 99.2 Å². The number of aromatic nitrogens is 2. The molecule has 0 saturated heterocycles. The van der Waals surface area contributed by atoms with Gasteiger partial charge in [0.05, 0.1) is 11.4 Å². The topological polar surface area (TPSA) is 25.8 Å². The van der Waals surface area contributed by atoms with E-state index in [9.17, 15) is 0 Å². The number of hydrogen-bond donors (Lipinski definition) is 0. The molecular formula is C22H26ClN2Ru. The molecule has 2 heterocycles. The maximum Gasteiger partial charge on any atom is 0.0886 e. The van der Waals surface area contributed by atoms with Crippen molar-refractivity contribution in [1.29, 1.82) is 0 Å². The van der Waals surface area contributed by atoms with Crippen molar-refractivity contribution in [2.45, 2.75) is 41.5 Å². The largest absolute Gasteiger partial charge is 0.255 e. The van der Waals surface area contributed by atoms with E-state index >= 15 is 0 Å². The summed E-state index contributed by atoms with van der Waals surface area (Å²) >= 11 is 1.82. The Balaban J connectivity index is 0.000000238. The van der Waals surface area contributed by atoms with Crippen LogP contribution < -0.4 is 0 Å². The second kappa shape index (κ2) is 11.2. The third-order valence-electron chi connectivity index (χ3n) is 4.97. The summed E-state index contributed by atoms with van der Waals surface area (Å²) in [7, 11) is 4.57. The van der Waals surface area contributed by atoms with Crippen LogP contribution in [0.3, 0.4) is 0 Å². The monoisotopic (exact) mass is 455 g/mol. The van der Waals surface area contributed by atoms with Crippen LogP contribution in [0, 0.1) is 41.5 Å². The predicted molar refractivity (Wildman–Crippen MR) is 108 cm³/mol. The molecule has 2 nitrogen and oxygen atoms in total. The minimum atomic E-state index is 0.915. The molecule has 0 unspecified atom stereocenters. The van der Waals surface area contributed by atoms with E-state index in [1.165, 1.54) is 33.4 Å². The first-order chi connectivity index (χ1) is 12.4. The molecule has 0 N–H and O–H groups in total. The summed E-state index contributed by atoms with van der Waals surface area (Å²) in [5, 5.41) is 0. The Kier molecular flexibility index (Phi) is 9.69. The second-order valence-electron chi connectivity index (χ2n) is 6.18. The predicted octanol–water partition coefficient (Wildman–Crippen LogP) is 6.37. The maximum atomic E-state index is 4.57. The maximum absolute atomic E-state index is 4.57. The van der Waals surface area contributed by atoms with Crippen LogP contribution in [0.5, 0.6) is 0 Å². The number of nitrogens with zero attached hydrogens (tertiary/aromatic N) is 2. The van der Waals surface area contributed by atoms with Gasteiger partial charge in [-0.3, -0.25) is 9.97 Å². The molecule has 0 bridgehead atoms. The van der Waals surface area contributed by atoms with Crippen LogP contribution in [-0.4, -0.2) is 9.97 Å². The standard InChI is InChI=1S/C12H18.C10H8N2.ClH.Ru/c1-7-8(2)10(4)12(6)11(5)9(7)3;1-3-7-11-9(5-1)10-6-2-4-8-12-10;;/h1-6H3;1-8H;1H;/q;;;+1/p-1. The number of rotatable bonds is 1. The molecule has 139 valence electrons. The molecule has 0 aliphatic carbocycles. The van der Waals surface area contributed by atoms with Gasteiger partial charge in [-0.1, -0.05) is 12.1 Å². The minimum Gasteiger partial charge on any atom is -0.255 e. The van der Waals surface area contributed by atoms with Crippen molar-refractivity contribution in [3.63, 3.8) is 0 Å². The van der Waals surface area contributed by atoms with E-state index in [-0.39, 0.29) is 0 Å². The van der Waals surface area contributed by atoms with Gasteiger partial charge in [0.2, 0.25) is 0 Å². The summed E-state index contributed by atoms with van der Waals surface area (Å²) in [4.78, 5) is 8.37. The molecule has 0 radical (unpaired) electrons. The van der Waals surface area contributed by atoms with Crippen LogP contribution >= 0.6 is 9.69 Å². The summed E-state index contributed by atoms with van der Waals surface area (Å²) in [6, 6.07) is 11.6. The quantitative estimate of drug-likeness (QED) is 0.399. The SMILES string of the molecule is Cc1c(C)c(C)c(C)c(C)c1C.[Cl][Ru].c1ccc(-c2ccccn2)nc1. The van der Waals surface area contributed by atoms with Crippen molar-refractivity contribution in [3.05, 3.63) is 82.2 Å². The third kappa shape index (κ3) is 5.72. The van der Waals surface area contributed by atoms with Crippen LogP contribution in [0.1, 0.15) is 33.4 Å². The molecule has 26 heavy (non-hydrogen) atoms. The van der Waals surface area contributed by atoms with E-state index < -0.39 is 0 Å². The van der Waals surface area contributed by atoms with Gasteiger partial charge in [-0.25, -0.2) is 0 Å². The molecule has 2 aromatic heterocycles. The van der Waals surface area contributed by atoms with Gasteiger partial charge in [0.1, 0.15) is 0 Å². The summed E-state index contributed by atoms with van der Waals surface area (Å²) in [6.45, 7) is 13.3. The Hall–Kier alpha value is -1.57. The molecule has 0 saturated carbocycles. The smallest absolute Gasteiger partial charge is 0.0886 e. The fraction of sp³-hybridized carbons (Fsp3) is 0.273. The molecule has 0 aliphatic rings. The zero-order chi connectivity index (χ0) is 19.7. The van der Waals surface area contributed by atoms with Crippen molar-refractivity contribution in [2.24, 2.45) is 0 Å². The molecule has 0 atom stereocenters. The molecule has 4 heteroatoms. The Bertz CT molecular complexity index is 676. The third-order valence-corrected chi connectivity index (χ3v) is 4.97. The van der Waals surface area contributed by atoms with Crippen molar-refractivity contribution in [2.75, 3.05) is 0 Å². The zero-order valence-electron chi connectivity index (χ0n) is 16.2. The van der Waals surface area contributed by atoms with Gasteiger partial charge >= 0.3 is 27.0 Å². The molecule has 0 spiro atoms. The minimum absolute atomic E-state index is 0.915. The Morgan fingerprint density at radius 3 is 1.00 bits per heavy atom. The van der Waals surface area contributed by atoms with E-state index in [2.05, 4.69) is 61.2 Å². The summed E-state index contributed by atoms with van der Waals surface area (Å²) in [6.07, 6.45) is 3.54. The van der Waals surface area contributed by atoms with Gasteiger partial charge in [0.15, 0.2) is 0 Å². The molecule has 0 amide bonds. The normalized spacial score (nSPS) is 9.54. The van der Waals surface area contributed by atoms with Gasteiger partial charge in [-0.2, -0.15) is 0 Å². The number of hydrogen-bond acceptors (Lipinski definition) is 2. The van der Waals surface area contributed by atoms with E-state index in [1.807, 2.05) is 53.7 Å². The average molecular weight is 455 g/mol.